The average Bonchev–Trinajstić information content (AvgIpc) is 4.38. The van der Waals surface area contributed by atoms with Crippen LogP contribution in [0.15, 0.2) is 97.8 Å². The van der Waals surface area contributed by atoms with Crippen LogP contribution in [0.25, 0.3) is 0 Å². The number of esters is 4. The van der Waals surface area contributed by atoms with E-state index in [-0.39, 0.29) is 23.6 Å². The number of ether oxygens (including phenoxy) is 4. The first kappa shape index (κ1) is 63.7. The van der Waals surface area contributed by atoms with E-state index in [0.29, 0.717) is 68.3 Å². The van der Waals surface area contributed by atoms with Crippen molar-refractivity contribution in [3.63, 3.8) is 0 Å². The number of methoxy groups -OCH3 is 4. The highest BCUT2D eigenvalue weighted by Crippen LogP contribution is 2.26. The number of hydrogen-bond acceptors (Lipinski definition) is 12. The molecule has 0 aliphatic carbocycles. The van der Waals surface area contributed by atoms with Gasteiger partial charge in [0.15, 0.2) is 0 Å². The molecule has 0 radical (unpaired) electrons. The van der Waals surface area contributed by atoms with Gasteiger partial charge in [-0.05, 0) is 151 Å². The number of carbonyl (C=O) groups is 8. The maximum atomic E-state index is 12.3. The minimum absolute atomic E-state index is 0.222. The Bertz CT molecular complexity index is 3620. The number of aromatic nitrogens is 8. The first-order valence-corrected chi connectivity index (χ1v) is 27.5. The predicted octanol–water partition coefficient (Wildman–Crippen LogP) is 8.03. The summed E-state index contributed by atoms with van der Waals surface area (Å²) in [5, 5.41) is 11.1. The SMILES string of the molecule is COC(=O)c1cc(NC(=O)c2cc(I)cn2C)c(I)n1C.COC(=O)c1cc(NC(=O)c2cc(I)cn2C)cn1C.COC(=O)c1cc(NC(=O)c2cccn2C)c(I)n1C.COC(=O)c1cc(NC(=O)c2cccn2C)cn1C. The van der Waals surface area contributed by atoms with E-state index in [4.69, 9.17) is 9.47 Å². The van der Waals surface area contributed by atoms with Gasteiger partial charge in [0.1, 0.15) is 53.0 Å². The number of nitrogens with zero attached hydrogens (tertiary/aromatic N) is 8. The van der Waals surface area contributed by atoms with E-state index in [9.17, 15) is 38.4 Å². The Morgan fingerprint density at radius 3 is 0.963 bits per heavy atom. The van der Waals surface area contributed by atoms with Crippen LogP contribution in [0, 0.1) is 14.5 Å². The summed E-state index contributed by atoms with van der Waals surface area (Å²) in [4.78, 5) is 94.8. The first-order chi connectivity index (χ1) is 37.7. The Hall–Kier alpha value is -7.08. The zero-order valence-electron chi connectivity index (χ0n) is 45.2. The van der Waals surface area contributed by atoms with Crippen LogP contribution in [-0.2, 0) is 75.3 Å². The van der Waals surface area contributed by atoms with Gasteiger partial charge in [-0.25, -0.2) is 19.2 Å². The summed E-state index contributed by atoms with van der Waals surface area (Å²) in [5.74, 6) is -2.66. The quantitative estimate of drug-likeness (QED) is 0.0515. The summed E-state index contributed by atoms with van der Waals surface area (Å²) in [6.07, 6.45) is 10.6. The Balaban J connectivity index is 0.000000196. The van der Waals surface area contributed by atoms with Gasteiger partial charge in [-0.3, -0.25) is 19.2 Å². The number of rotatable bonds is 12. The fourth-order valence-corrected chi connectivity index (χ4v) is 10.00. The van der Waals surface area contributed by atoms with E-state index < -0.39 is 23.9 Å². The lowest BCUT2D eigenvalue weighted by atomic mass is 10.3. The second-order valence-corrected chi connectivity index (χ2v) is 21.7. The highest BCUT2D eigenvalue weighted by atomic mass is 127. The molecule has 8 aromatic heterocycles. The van der Waals surface area contributed by atoms with Crippen LogP contribution < -0.4 is 21.3 Å². The number of amides is 4. The molecule has 80 heavy (non-hydrogen) atoms. The molecule has 8 aromatic rings. The molecule has 28 heteroatoms. The number of nitrogens with one attached hydrogen (secondary N) is 4. The highest BCUT2D eigenvalue weighted by molar-refractivity contribution is 14.1. The third kappa shape index (κ3) is 15.6. The number of carbonyl (C=O) groups excluding carboxylic acids is 8. The monoisotopic (exact) mass is 1550 g/mol. The maximum Gasteiger partial charge on any atom is 0.354 e. The fourth-order valence-electron chi connectivity index (χ4n) is 7.47. The molecule has 4 amide bonds. The summed E-state index contributed by atoms with van der Waals surface area (Å²) in [6.45, 7) is 0. The average molecular weight is 1550 g/mol. The van der Waals surface area contributed by atoms with Crippen molar-refractivity contribution in [3.05, 3.63) is 158 Å². The molecule has 4 N–H and O–H groups in total. The van der Waals surface area contributed by atoms with Gasteiger partial charge in [-0.1, -0.05) is 0 Å². The topological polar surface area (TPSA) is 261 Å². The van der Waals surface area contributed by atoms with E-state index in [1.54, 1.807) is 164 Å². The van der Waals surface area contributed by atoms with Crippen LogP contribution in [0.4, 0.5) is 22.7 Å². The van der Waals surface area contributed by atoms with Gasteiger partial charge >= 0.3 is 23.9 Å². The summed E-state index contributed by atoms with van der Waals surface area (Å²) in [6, 6.07) is 17.0. The molecule has 0 aromatic carbocycles. The number of aryl methyl sites for hydroxylation is 6. The molecule has 0 bridgehead atoms. The largest absolute Gasteiger partial charge is 0.464 e. The lowest BCUT2D eigenvalue weighted by Crippen LogP contribution is -2.15. The minimum atomic E-state index is -0.443. The normalized spacial score (nSPS) is 10.4. The van der Waals surface area contributed by atoms with Crippen LogP contribution in [-0.4, -0.2) is 112 Å². The molecule has 0 spiro atoms. The van der Waals surface area contributed by atoms with Crippen LogP contribution in [0.5, 0.6) is 0 Å². The molecule has 424 valence electrons. The van der Waals surface area contributed by atoms with Gasteiger partial charge in [0.2, 0.25) is 0 Å². The lowest BCUT2D eigenvalue weighted by Gasteiger charge is -2.05. The first-order valence-electron chi connectivity index (χ1n) is 23.2. The number of halogens is 4. The smallest absolute Gasteiger partial charge is 0.354 e. The van der Waals surface area contributed by atoms with Crippen LogP contribution in [0.3, 0.4) is 0 Å². The van der Waals surface area contributed by atoms with E-state index >= 15 is 0 Å². The summed E-state index contributed by atoms with van der Waals surface area (Å²) >= 11 is 8.44. The maximum absolute atomic E-state index is 12.3. The number of anilines is 4. The van der Waals surface area contributed by atoms with E-state index in [0.717, 1.165) is 14.5 Å². The van der Waals surface area contributed by atoms with Crippen molar-refractivity contribution in [2.24, 2.45) is 56.4 Å². The second kappa shape index (κ2) is 28.4. The van der Waals surface area contributed by atoms with Crippen LogP contribution in [0.1, 0.15) is 83.9 Å². The molecule has 0 saturated carbocycles. The molecule has 0 atom stereocenters. The van der Waals surface area contributed by atoms with Crippen LogP contribution in [0.2, 0.25) is 0 Å². The van der Waals surface area contributed by atoms with Gasteiger partial charge < -0.3 is 76.8 Å². The van der Waals surface area contributed by atoms with Gasteiger partial charge in [0.25, 0.3) is 23.6 Å². The summed E-state index contributed by atoms with van der Waals surface area (Å²) in [7, 11) is 19.4. The summed E-state index contributed by atoms with van der Waals surface area (Å²) < 4.78 is 35.7. The van der Waals surface area contributed by atoms with Crippen LogP contribution >= 0.6 is 90.4 Å². The molecule has 0 fully saturated rings. The Kier molecular flexibility index (Phi) is 22.6. The number of hydrogen-bond donors (Lipinski definition) is 4. The van der Waals surface area contributed by atoms with Crippen molar-refractivity contribution >= 4 is 161 Å². The van der Waals surface area contributed by atoms with E-state index in [1.165, 1.54) is 28.4 Å². The third-order valence-corrected chi connectivity index (χ3v) is 15.5. The zero-order valence-corrected chi connectivity index (χ0v) is 53.9. The minimum Gasteiger partial charge on any atom is -0.464 e. The van der Waals surface area contributed by atoms with Crippen molar-refractivity contribution in [2.45, 2.75) is 0 Å². The fraction of sp³-hybridized carbons (Fsp3) is 0.231. The molecule has 8 rings (SSSR count). The molecule has 0 aliphatic heterocycles. The summed E-state index contributed by atoms with van der Waals surface area (Å²) in [5.41, 5.74) is 6.00. The molecular formula is C52H56I4N12O12. The van der Waals surface area contributed by atoms with Crippen molar-refractivity contribution < 1.29 is 57.3 Å². The van der Waals surface area contributed by atoms with E-state index in [1.807, 2.05) is 26.5 Å². The molecule has 0 unspecified atom stereocenters. The Morgan fingerprint density at radius 1 is 0.362 bits per heavy atom. The van der Waals surface area contributed by atoms with Gasteiger partial charge in [-0.2, -0.15) is 0 Å². The third-order valence-electron chi connectivity index (χ3n) is 11.7. The lowest BCUT2D eigenvalue weighted by molar-refractivity contribution is 0.0580. The molecule has 0 saturated heterocycles. The standard InChI is InChI=1S/C13H13I2N3O3.2C13H14IN3O3.C13H15N3O3/c1-17-6-7(14)4-9(17)12(19)16-8-5-10(13(20)21-3)18(2)11(8)15;1-16-6-8(14)4-10(16)12(18)15-9-5-11(13(19)20-3)17(2)7-9;1-16-6-4-5-9(16)12(18)15-8-7-10(13(19)20-3)17(2)11(8)14;1-15-6-4-5-10(15)12(17)14-9-7-11(13(18)19-3)16(2)8-9/h4-6H,1-3H3,(H,16,19);2*4-7H,1-3H3,(H,15,18);4-8H,1-3H3,(H,14,17). The van der Waals surface area contributed by atoms with Crippen molar-refractivity contribution in [1.29, 1.82) is 0 Å². The Labute approximate surface area is 513 Å². The molecule has 8 heterocycles. The Morgan fingerprint density at radius 2 is 0.662 bits per heavy atom. The van der Waals surface area contributed by atoms with Crippen molar-refractivity contribution in [2.75, 3.05) is 49.7 Å². The molecule has 0 aliphatic rings. The highest BCUT2D eigenvalue weighted by Gasteiger charge is 2.22. The predicted molar refractivity (Wildman–Crippen MR) is 331 cm³/mol. The van der Waals surface area contributed by atoms with E-state index in [2.05, 4.69) is 121 Å². The molecular weight excluding hydrogens is 1490 g/mol. The van der Waals surface area contributed by atoms with Crippen molar-refractivity contribution in [1.82, 2.24) is 36.5 Å². The van der Waals surface area contributed by atoms with Gasteiger partial charge in [0, 0.05) is 101 Å². The van der Waals surface area contributed by atoms with Gasteiger partial charge in [-0.15, -0.1) is 0 Å². The second-order valence-electron chi connectivity index (χ2n) is 17.1. The van der Waals surface area contributed by atoms with Gasteiger partial charge in [0.05, 0.1) is 51.2 Å². The van der Waals surface area contributed by atoms with Crippen molar-refractivity contribution in [3.8, 4) is 0 Å². The zero-order chi connectivity index (χ0) is 59.4. The molecule has 24 nitrogen and oxygen atoms in total.